The summed E-state index contributed by atoms with van der Waals surface area (Å²) in [7, 11) is -3.72. The zero-order chi connectivity index (χ0) is 18.5. The number of rotatable bonds is 7. The van der Waals surface area contributed by atoms with Crippen molar-refractivity contribution >= 4 is 37.8 Å². The molecule has 0 spiro atoms. The standard InChI is InChI=1S/C15H22BrN3O4S/c1-5-17-14(20)10(4)18-15(21)12-8-11(6-7-13(12)16)24(22,23)19-9(2)3/h6-10,19H,5H2,1-4H3,(H,17,20)(H,18,21)/t10-/m0/s1. The molecule has 0 saturated carbocycles. The molecule has 0 aromatic heterocycles. The topological polar surface area (TPSA) is 104 Å². The van der Waals surface area contributed by atoms with Gasteiger partial charge in [-0.2, -0.15) is 0 Å². The SMILES string of the molecule is CCNC(=O)[C@H](C)NC(=O)c1cc(S(=O)(=O)NC(C)C)ccc1Br. The minimum atomic E-state index is -3.72. The number of nitrogens with one attached hydrogen (secondary N) is 3. The molecule has 134 valence electrons. The average molecular weight is 420 g/mol. The lowest BCUT2D eigenvalue weighted by Crippen LogP contribution is -2.44. The van der Waals surface area contributed by atoms with E-state index in [1.165, 1.54) is 18.2 Å². The Morgan fingerprint density at radius 3 is 2.38 bits per heavy atom. The van der Waals surface area contributed by atoms with Crippen molar-refractivity contribution < 1.29 is 18.0 Å². The van der Waals surface area contributed by atoms with E-state index in [4.69, 9.17) is 0 Å². The van der Waals surface area contributed by atoms with Crippen LogP contribution < -0.4 is 15.4 Å². The number of amides is 2. The third-order valence-corrected chi connectivity index (χ3v) is 5.32. The van der Waals surface area contributed by atoms with Crippen molar-refractivity contribution in [3.05, 3.63) is 28.2 Å². The monoisotopic (exact) mass is 419 g/mol. The highest BCUT2D eigenvalue weighted by atomic mass is 79.9. The predicted molar refractivity (Wildman–Crippen MR) is 95.2 cm³/mol. The van der Waals surface area contributed by atoms with Gasteiger partial charge in [-0.15, -0.1) is 0 Å². The molecule has 0 bridgehead atoms. The molecule has 24 heavy (non-hydrogen) atoms. The van der Waals surface area contributed by atoms with Gasteiger partial charge in [0, 0.05) is 17.1 Å². The van der Waals surface area contributed by atoms with E-state index in [0.29, 0.717) is 11.0 Å². The fourth-order valence-corrected chi connectivity index (χ4v) is 3.59. The summed E-state index contributed by atoms with van der Waals surface area (Å²) in [6, 6.07) is 3.15. The van der Waals surface area contributed by atoms with Crippen molar-refractivity contribution in [3.63, 3.8) is 0 Å². The Morgan fingerprint density at radius 2 is 1.83 bits per heavy atom. The third-order valence-electron chi connectivity index (χ3n) is 2.98. The van der Waals surface area contributed by atoms with Gasteiger partial charge in [0.25, 0.3) is 5.91 Å². The van der Waals surface area contributed by atoms with Crippen LogP contribution in [0.25, 0.3) is 0 Å². The zero-order valence-electron chi connectivity index (χ0n) is 14.0. The van der Waals surface area contributed by atoms with Crippen molar-refractivity contribution in [2.75, 3.05) is 6.54 Å². The van der Waals surface area contributed by atoms with Crippen LogP contribution in [0.4, 0.5) is 0 Å². The first-order valence-electron chi connectivity index (χ1n) is 7.49. The van der Waals surface area contributed by atoms with E-state index in [1.54, 1.807) is 27.7 Å². The first-order chi connectivity index (χ1) is 11.1. The maximum atomic E-state index is 12.3. The van der Waals surface area contributed by atoms with Crippen molar-refractivity contribution in [1.29, 1.82) is 0 Å². The van der Waals surface area contributed by atoms with Gasteiger partial charge in [-0.3, -0.25) is 9.59 Å². The van der Waals surface area contributed by atoms with Crippen LogP contribution in [0.15, 0.2) is 27.6 Å². The number of hydrogen-bond donors (Lipinski definition) is 3. The van der Waals surface area contributed by atoms with E-state index < -0.39 is 22.0 Å². The van der Waals surface area contributed by atoms with Gasteiger partial charge in [-0.25, -0.2) is 13.1 Å². The lowest BCUT2D eigenvalue weighted by atomic mass is 10.2. The van der Waals surface area contributed by atoms with Gasteiger partial charge < -0.3 is 10.6 Å². The molecule has 0 saturated heterocycles. The van der Waals surface area contributed by atoms with Crippen molar-refractivity contribution in [2.45, 2.75) is 44.7 Å². The highest BCUT2D eigenvalue weighted by Gasteiger charge is 2.21. The maximum Gasteiger partial charge on any atom is 0.253 e. The molecule has 1 rings (SSSR count). The number of benzene rings is 1. The van der Waals surface area contributed by atoms with E-state index >= 15 is 0 Å². The second-order valence-electron chi connectivity index (χ2n) is 5.51. The fraction of sp³-hybridized carbons (Fsp3) is 0.467. The van der Waals surface area contributed by atoms with Crippen LogP contribution in [-0.4, -0.2) is 38.9 Å². The fourth-order valence-electron chi connectivity index (χ4n) is 1.89. The second kappa shape index (κ2) is 8.59. The molecule has 0 fully saturated rings. The number of sulfonamides is 1. The van der Waals surface area contributed by atoms with Gasteiger partial charge in [-0.05, 0) is 61.8 Å². The number of carbonyl (C=O) groups is 2. The molecule has 1 atom stereocenters. The van der Waals surface area contributed by atoms with E-state index in [2.05, 4.69) is 31.3 Å². The van der Waals surface area contributed by atoms with Crippen LogP contribution in [0, 0.1) is 0 Å². The van der Waals surface area contributed by atoms with Gasteiger partial charge in [0.05, 0.1) is 10.5 Å². The van der Waals surface area contributed by atoms with Crippen LogP contribution >= 0.6 is 15.9 Å². The molecule has 0 aliphatic rings. The lowest BCUT2D eigenvalue weighted by molar-refractivity contribution is -0.122. The predicted octanol–water partition coefficient (Wildman–Crippen LogP) is 1.39. The van der Waals surface area contributed by atoms with Crippen LogP contribution in [-0.2, 0) is 14.8 Å². The van der Waals surface area contributed by atoms with Crippen LogP contribution in [0.1, 0.15) is 38.1 Å². The molecular formula is C15H22BrN3O4S. The molecule has 1 aromatic rings. The van der Waals surface area contributed by atoms with Gasteiger partial charge >= 0.3 is 0 Å². The highest BCUT2D eigenvalue weighted by molar-refractivity contribution is 9.10. The number of carbonyl (C=O) groups excluding carboxylic acids is 2. The molecule has 7 nitrogen and oxygen atoms in total. The Morgan fingerprint density at radius 1 is 1.21 bits per heavy atom. The molecule has 0 radical (unpaired) electrons. The molecule has 0 aliphatic carbocycles. The van der Waals surface area contributed by atoms with Gasteiger partial charge in [0.15, 0.2) is 0 Å². The van der Waals surface area contributed by atoms with Crippen molar-refractivity contribution in [1.82, 2.24) is 15.4 Å². The zero-order valence-corrected chi connectivity index (χ0v) is 16.4. The quantitative estimate of drug-likeness (QED) is 0.620. The largest absolute Gasteiger partial charge is 0.355 e. The van der Waals surface area contributed by atoms with Crippen LogP contribution in [0.3, 0.4) is 0 Å². The minimum absolute atomic E-state index is 0.0183. The summed E-state index contributed by atoms with van der Waals surface area (Å²) in [5, 5.41) is 5.15. The average Bonchev–Trinajstić information content (AvgIpc) is 2.46. The summed E-state index contributed by atoms with van der Waals surface area (Å²) < 4.78 is 27.3. The first-order valence-corrected chi connectivity index (χ1v) is 9.76. The van der Waals surface area contributed by atoms with E-state index in [-0.39, 0.29) is 22.4 Å². The summed E-state index contributed by atoms with van der Waals surface area (Å²) >= 11 is 3.23. The van der Waals surface area contributed by atoms with E-state index in [0.717, 1.165) is 0 Å². The Hall–Kier alpha value is -1.45. The van der Waals surface area contributed by atoms with Crippen LogP contribution in [0.5, 0.6) is 0 Å². The molecule has 2 amide bonds. The number of hydrogen-bond acceptors (Lipinski definition) is 4. The molecule has 9 heteroatoms. The second-order valence-corrected chi connectivity index (χ2v) is 8.08. The Kier molecular flexibility index (Phi) is 7.37. The first kappa shape index (κ1) is 20.6. The summed E-state index contributed by atoms with van der Waals surface area (Å²) in [5.74, 6) is -0.852. The summed E-state index contributed by atoms with van der Waals surface area (Å²) in [5.41, 5.74) is 0.137. The minimum Gasteiger partial charge on any atom is -0.355 e. The smallest absolute Gasteiger partial charge is 0.253 e. The Bertz CT molecular complexity index is 719. The van der Waals surface area contributed by atoms with Gasteiger partial charge in [0.1, 0.15) is 6.04 Å². The maximum absolute atomic E-state index is 12.3. The van der Waals surface area contributed by atoms with E-state index in [9.17, 15) is 18.0 Å². The molecule has 0 heterocycles. The van der Waals surface area contributed by atoms with Crippen molar-refractivity contribution in [2.24, 2.45) is 0 Å². The van der Waals surface area contributed by atoms with E-state index in [1.807, 2.05) is 0 Å². The molecular weight excluding hydrogens is 398 g/mol. The molecule has 0 unspecified atom stereocenters. The molecule has 1 aromatic carbocycles. The number of likely N-dealkylation sites (N-methyl/N-ethyl adjacent to an activating group) is 1. The van der Waals surface area contributed by atoms with Gasteiger partial charge in [-0.1, -0.05) is 0 Å². The summed E-state index contributed by atoms with van der Waals surface area (Å²) in [6.45, 7) is 7.20. The molecule has 3 N–H and O–H groups in total. The summed E-state index contributed by atoms with van der Waals surface area (Å²) in [6.07, 6.45) is 0. The normalized spacial score (nSPS) is 12.8. The molecule has 0 aliphatic heterocycles. The van der Waals surface area contributed by atoms with Crippen molar-refractivity contribution in [3.8, 4) is 0 Å². The summed E-state index contributed by atoms with van der Waals surface area (Å²) in [4.78, 5) is 24.0. The number of halogens is 1. The Balaban J connectivity index is 3.06. The Labute approximate surface area is 150 Å². The lowest BCUT2D eigenvalue weighted by Gasteiger charge is -2.15. The van der Waals surface area contributed by atoms with Gasteiger partial charge in [0.2, 0.25) is 15.9 Å². The third kappa shape index (κ3) is 5.57. The highest BCUT2D eigenvalue weighted by Crippen LogP contribution is 2.21. The van der Waals surface area contributed by atoms with Crippen LogP contribution in [0.2, 0.25) is 0 Å².